The van der Waals surface area contributed by atoms with Gasteiger partial charge in [-0.05, 0) is 54.8 Å². The van der Waals surface area contributed by atoms with Crippen molar-refractivity contribution in [2.45, 2.75) is 24.2 Å². The smallest absolute Gasteiger partial charge is 0.267 e. The van der Waals surface area contributed by atoms with Crippen LogP contribution in [0.3, 0.4) is 0 Å². The number of hydrogen-bond acceptors (Lipinski definition) is 8. The molecule has 3 aromatic rings. The third-order valence-electron chi connectivity index (χ3n) is 7.53. The zero-order chi connectivity index (χ0) is 30.6. The van der Waals surface area contributed by atoms with Gasteiger partial charge in [-0.3, -0.25) is 20.0 Å². The first-order valence-electron chi connectivity index (χ1n) is 14.1. The lowest BCUT2D eigenvalue weighted by Crippen LogP contribution is -2.50. The predicted molar refractivity (Wildman–Crippen MR) is 170 cm³/mol. The van der Waals surface area contributed by atoms with Crippen molar-refractivity contribution in [1.29, 1.82) is 5.41 Å². The van der Waals surface area contributed by atoms with Crippen LogP contribution in [-0.2, 0) is 24.2 Å². The molecule has 0 aliphatic carbocycles. The number of halogens is 1. The van der Waals surface area contributed by atoms with E-state index in [4.69, 9.17) is 26.7 Å². The number of piperidine rings is 1. The first-order chi connectivity index (χ1) is 20.6. The number of carbonyl (C=O) groups excluding carboxylic acids is 2. The van der Waals surface area contributed by atoms with Crippen LogP contribution in [0.1, 0.15) is 24.1 Å². The average molecular weight is 641 g/mol. The molecule has 2 aliphatic heterocycles. The molecule has 0 radical (unpaired) electrons. The summed E-state index contributed by atoms with van der Waals surface area (Å²) < 4.78 is 29.6. The molecule has 2 fully saturated rings. The van der Waals surface area contributed by atoms with Crippen LogP contribution in [0, 0.1) is 11.3 Å². The molecule has 2 aromatic carbocycles. The average Bonchev–Trinajstić information content (AvgIpc) is 3.52. The van der Waals surface area contributed by atoms with Crippen molar-refractivity contribution in [2.24, 2.45) is 10.9 Å². The number of sulfone groups is 1. The van der Waals surface area contributed by atoms with Gasteiger partial charge in [-0.1, -0.05) is 35.9 Å². The number of amides is 2. The van der Waals surface area contributed by atoms with Crippen LogP contribution in [0.5, 0.6) is 0 Å². The van der Waals surface area contributed by atoms with E-state index in [9.17, 15) is 18.0 Å². The van der Waals surface area contributed by atoms with E-state index >= 15 is 0 Å². The maximum Gasteiger partial charge on any atom is 0.267 e. The van der Waals surface area contributed by atoms with Gasteiger partial charge < -0.3 is 14.5 Å². The Morgan fingerprint density at radius 3 is 2.56 bits per heavy atom. The van der Waals surface area contributed by atoms with Crippen LogP contribution in [-0.4, -0.2) is 87.1 Å². The molecule has 1 N–H and O–H groups in total. The lowest BCUT2D eigenvalue weighted by atomic mass is 9.95. The van der Waals surface area contributed by atoms with Gasteiger partial charge in [-0.15, -0.1) is 11.3 Å². The highest BCUT2D eigenvalue weighted by atomic mass is 35.5. The van der Waals surface area contributed by atoms with Gasteiger partial charge in [0.1, 0.15) is 5.71 Å². The number of nitrogens with one attached hydrogen (secondary N) is 1. The molecule has 1 aromatic heterocycles. The summed E-state index contributed by atoms with van der Waals surface area (Å²) in [7, 11) is -3.37. The summed E-state index contributed by atoms with van der Waals surface area (Å²) in [6.07, 6.45) is 2.55. The molecule has 9 nitrogen and oxygen atoms in total. The van der Waals surface area contributed by atoms with Crippen LogP contribution in [0.15, 0.2) is 70.6 Å². The first-order valence-corrected chi connectivity index (χ1v) is 17.1. The molecule has 2 amide bonds. The molecule has 2 saturated heterocycles. The minimum Gasteiger partial charge on any atom is -0.378 e. The number of benzene rings is 2. The quantitative estimate of drug-likeness (QED) is 0.344. The Kier molecular flexibility index (Phi) is 9.75. The second kappa shape index (κ2) is 13.5. The summed E-state index contributed by atoms with van der Waals surface area (Å²) in [4.78, 5) is 36.6. The third-order valence-corrected chi connectivity index (χ3v) is 10.1. The number of hydrogen-bond donors (Lipinski definition) is 1. The summed E-state index contributed by atoms with van der Waals surface area (Å²) in [5.74, 6) is -0.661. The Bertz CT molecular complexity index is 1660. The van der Waals surface area contributed by atoms with Crippen LogP contribution in [0.2, 0.25) is 5.02 Å². The van der Waals surface area contributed by atoms with E-state index < -0.39 is 15.7 Å². The van der Waals surface area contributed by atoms with E-state index in [2.05, 4.69) is 0 Å². The SMILES string of the molecule is CS(=O)(=O)c1cccc(-c2ccc(C(CC(=N)C(=O)N3CCCC(C(=O)N4CCOCC4)C3)=Nc3ccccc3Cl)s2)c1. The van der Waals surface area contributed by atoms with Crippen molar-refractivity contribution >= 4 is 61.7 Å². The molecule has 43 heavy (non-hydrogen) atoms. The molecule has 0 bridgehead atoms. The molecule has 0 spiro atoms. The molecule has 3 heterocycles. The fraction of sp³-hybridized carbons (Fsp3) is 0.355. The van der Waals surface area contributed by atoms with Gasteiger partial charge in [-0.25, -0.2) is 8.42 Å². The largest absolute Gasteiger partial charge is 0.378 e. The van der Waals surface area contributed by atoms with E-state index in [1.54, 1.807) is 41.3 Å². The highest BCUT2D eigenvalue weighted by Crippen LogP contribution is 2.33. The van der Waals surface area contributed by atoms with E-state index in [1.165, 1.54) is 17.6 Å². The van der Waals surface area contributed by atoms with Crippen molar-refractivity contribution in [3.8, 4) is 10.4 Å². The van der Waals surface area contributed by atoms with Gasteiger partial charge in [0.15, 0.2) is 9.84 Å². The lowest BCUT2D eigenvalue weighted by Gasteiger charge is -2.36. The Morgan fingerprint density at radius 1 is 1.05 bits per heavy atom. The van der Waals surface area contributed by atoms with Crippen molar-refractivity contribution in [3.63, 3.8) is 0 Å². The molecule has 226 valence electrons. The Balaban J connectivity index is 1.37. The topological polar surface area (TPSA) is 120 Å². The van der Waals surface area contributed by atoms with E-state index in [-0.39, 0.29) is 35.4 Å². The second-order valence-electron chi connectivity index (χ2n) is 10.7. The molecule has 12 heteroatoms. The number of nitrogens with zero attached hydrogens (tertiary/aromatic N) is 3. The van der Waals surface area contributed by atoms with Crippen molar-refractivity contribution in [2.75, 3.05) is 45.6 Å². The minimum atomic E-state index is -3.37. The maximum absolute atomic E-state index is 13.5. The van der Waals surface area contributed by atoms with Gasteiger partial charge in [0.25, 0.3) is 5.91 Å². The summed E-state index contributed by atoms with van der Waals surface area (Å²) in [5, 5.41) is 9.23. The minimum absolute atomic E-state index is 0.0357. The number of thiophene rings is 1. The van der Waals surface area contributed by atoms with Gasteiger partial charge in [-0.2, -0.15) is 0 Å². The Labute approximate surface area is 260 Å². The Morgan fingerprint density at radius 2 is 1.81 bits per heavy atom. The van der Waals surface area contributed by atoms with E-state index in [0.29, 0.717) is 62.1 Å². The fourth-order valence-electron chi connectivity index (χ4n) is 5.24. The molecular formula is C31H33ClN4O5S2. The maximum atomic E-state index is 13.5. The first kappa shape index (κ1) is 31.1. The number of rotatable bonds is 8. The summed E-state index contributed by atoms with van der Waals surface area (Å²) in [5.41, 5.74) is 1.63. The van der Waals surface area contributed by atoms with Crippen molar-refractivity contribution in [3.05, 3.63) is 70.6 Å². The third kappa shape index (κ3) is 7.59. The Hall–Kier alpha value is -3.38. The van der Waals surface area contributed by atoms with Crippen LogP contribution in [0.4, 0.5) is 5.69 Å². The molecule has 1 atom stereocenters. The summed E-state index contributed by atoms with van der Waals surface area (Å²) in [6.45, 7) is 2.93. The zero-order valence-electron chi connectivity index (χ0n) is 23.8. The highest BCUT2D eigenvalue weighted by molar-refractivity contribution is 7.90. The van der Waals surface area contributed by atoms with Crippen LogP contribution < -0.4 is 0 Å². The molecular weight excluding hydrogens is 608 g/mol. The molecule has 1 unspecified atom stereocenters. The summed E-state index contributed by atoms with van der Waals surface area (Å²) in [6, 6.07) is 17.6. The molecule has 2 aliphatic rings. The number of likely N-dealkylation sites (tertiary alicyclic amines) is 1. The van der Waals surface area contributed by atoms with Crippen molar-refractivity contribution in [1.82, 2.24) is 9.80 Å². The number of para-hydroxylation sites is 1. The van der Waals surface area contributed by atoms with E-state index in [0.717, 1.165) is 15.3 Å². The second-order valence-corrected chi connectivity index (χ2v) is 14.2. The standard InChI is InChI=1S/C31H33ClN4O5S2/c1-43(39,40)23-8-4-6-21(18-23)28-11-12-29(42-28)27(34-26-10-3-2-9-24(26)32)19-25(33)31(38)36-13-5-7-22(20-36)30(37)35-14-16-41-17-15-35/h2-4,6,8-12,18,22,33H,5,7,13-17,19-20H2,1H3. The van der Waals surface area contributed by atoms with Gasteiger partial charge in [0, 0.05) is 48.6 Å². The zero-order valence-corrected chi connectivity index (χ0v) is 26.2. The number of ether oxygens (including phenoxy) is 1. The number of aliphatic imine (C=N–C) groups is 1. The number of carbonyl (C=O) groups is 2. The normalized spacial score (nSPS) is 18.0. The predicted octanol–water partition coefficient (Wildman–Crippen LogP) is 5.10. The molecule has 5 rings (SSSR count). The van der Waals surface area contributed by atoms with Crippen LogP contribution in [0.25, 0.3) is 10.4 Å². The van der Waals surface area contributed by atoms with Gasteiger partial charge in [0.2, 0.25) is 5.91 Å². The van der Waals surface area contributed by atoms with E-state index in [1.807, 2.05) is 29.2 Å². The van der Waals surface area contributed by atoms with Gasteiger partial charge >= 0.3 is 0 Å². The van der Waals surface area contributed by atoms with Crippen molar-refractivity contribution < 1.29 is 22.7 Å². The highest BCUT2D eigenvalue weighted by Gasteiger charge is 2.33. The van der Waals surface area contributed by atoms with Gasteiger partial charge in [0.05, 0.1) is 40.4 Å². The van der Waals surface area contributed by atoms with Crippen LogP contribution >= 0.6 is 22.9 Å². The summed E-state index contributed by atoms with van der Waals surface area (Å²) >= 11 is 7.81. The lowest BCUT2D eigenvalue weighted by molar-refractivity contribution is -0.142. The number of morpholine rings is 1. The monoisotopic (exact) mass is 640 g/mol. The fourth-order valence-corrected chi connectivity index (χ4v) is 7.07. The molecule has 0 saturated carbocycles.